The summed E-state index contributed by atoms with van der Waals surface area (Å²) >= 11 is 0. The minimum Gasteiger partial charge on any atom is -0.497 e. The third-order valence-electron chi connectivity index (χ3n) is 4.76. The van der Waals surface area contributed by atoms with E-state index in [2.05, 4.69) is 10.6 Å². The number of nitrogens with two attached hydrogens (primary N) is 1. The second kappa shape index (κ2) is 7.99. The Kier molecular flexibility index (Phi) is 5.50. The van der Waals surface area contributed by atoms with E-state index in [0.717, 1.165) is 41.4 Å². The minimum absolute atomic E-state index is 0.420. The number of aromatic nitrogens is 1. The molecule has 0 radical (unpaired) electrons. The summed E-state index contributed by atoms with van der Waals surface area (Å²) in [6.07, 6.45) is 0.807. The summed E-state index contributed by atoms with van der Waals surface area (Å²) in [4.78, 5) is 11.9. The van der Waals surface area contributed by atoms with Gasteiger partial charge in [-0.1, -0.05) is 24.3 Å². The molecule has 0 spiro atoms. The molecule has 0 aliphatic heterocycles. The second-order valence-corrected chi connectivity index (χ2v) is 6.38. The monoisotopic (exact) mass is 364 g/mol. The fourth-order valence-corrected chi connectivity index (χ4v) is 3.27. The molecule has 1 amide bonds. The molecule has 0 saturated heterocycles. The van der Waals surface area contributed by atoms with E-state index in [1.54, 1.807) is 14.2 Å². The molecule has 1 heterocycles. The number of hydrogen-bond donors (Lipinski definition) is 1. The minimum atomic E-state index is -0.420. The number of amides is 1. The zero-order valence-electron chi connectivity index (χ0n) is 15.9. The highest BCUT2D eigenvalue weighted by Crippen LogP contribution is 2.29. The van der Waals surface area contributed by atoms with E-state index in [0.29, 0.717) is 5.56 Å². The van der Waals surface area contributed by atoms with Gasteiger partial charge in [0.15, 0.2) is 0 Å². The van der Waals surface area contributed by atoms with Gasteiger partial charge in [-0.15, -0.1) is 0 Å². The first-order chi connectivity index (χ1) is 13.0. The molecular weight excluding hydrogens is 340 g/mol. The van der Waals surface area contributed by atoms with E-state index in [9.17, 15) is 4.79 Å². The fraction of sp³-hybridized carbons (Fsp3) is 0.227. The molecule has 0 bridgehead atoms. The van der Waals surface area contributed by atoms with Gasteiger partial charge in [-0.25, -0.2) is 0 Å². The van der Waals surface area contributed by atoms with Gasteiger partial charge in [0.05, 0.1) is 19.8 Å². The van der Waals surface area contributed by atoms with Gasteiger partial charge in [0.2, 0.25) is 0 Å². The number of primary amides is 1. The van der Waals surface area contributed by atoms with E-state index in [-0.39, 0.29) is 0 Å². The van der Waals surface area contributed by atoms with Crippen molar-refractivity contribution in [1.29, 1.82) is 0 Å². The smallest absolute Gasteiger partial charge is 0.250 e. The van der Waals surface area contributed by atoms with Gasteiger partial charge in [0, 0.05) is 23.5 Å². The van der Waals surface area contributed by atoms with Crippen LogP contribution in [-0.2, 0) is 13.0 Å². The van der Waals surface area contributed by atoms with Crippen molar-refractivity contribution < 1.29 is 14.3 Å². The van der Waals surface area contributed by atoms with Gasteiger partial charge >= 0.3 is 0 Å². The van der Waals surface area contributed by atoms with Gasteiger partial charge in [-0.3, -0.25) is 4.79 Å². The van der Waals surface area contributed by atoms with Crippen LogP contribution in [0.5, 0.6) is 11.5 Å². The topological polar surface area (TPSA) is 66.5 Å². The number of ether oxygens (including phenoxy) is 2. The van der Waals surface area contributed by atoms with Crippen molar-refractivity contribution in [3.8, 4) is 22.8 Å². The van der Waals surface area contributed by atoms with E-state index in [1.807, 2.05) is 55.5 Å². The molecule has 2 N–H and O–H groups in total. The fourth-order valence-electron chi connectivity index (χ4n) is 3.27. The van der Waals surface area contributed by atoms with Gasteiger partial charge < -0.3 is 19.8 Å². The first-order valence-electron chi connectivity index (χ1n) is 8.80. The highest BCUT2D eigenvalue weighted by atomic mass is 16.5. The summed E-state index contributed by atoms with van der Waals surface area (Å²) in [5, 5.41) is 0. The van der Waals surface area contributed by atoms with Gasteiger partial charge in [0.1, 0.15) is 11.5 Å². The van der Waals surface area contributed by atoms with Crippen LogP contribution in [0.25, 0.3) is 11.3 Å². The first-order valence-corrected chi connectivity index (χ1v) is 8.80. The molecule has 3 aromatic rings. The standard InChI is InChI=1S/C22H24N2O3/c1-15-20(22(23)25)14-21(17-7-5-9-19(13-17)27-3)24(15)11-10-16-6-4-8-18(12-16)26-2/h4-9,12-14H,10-11H2,1-3H3,(H2,23,25). The molecule has 3 rings (SSSR count). The van der Waals surface area contributed by atoms with E-state index in [4.69, 9.17) is 15.2 Å². The third kappa shape index (κ3) is 3.97. The molecule has 0 aliphatic carbocycles. The van der Waals surface area contributed by atoms with Crippen LogP contribution in [0.1, 0.15) is 21.6 Å². The highest BCUT2D eigenvalue weighted by Gasteiger charge is 2.17. The van der Waals surface area contributed by atoms with Crippen LogP contribution in [0, 0.1) is 6.92 Å². The normalized spacial score (nSPS) is 10.6. The lowest BCUT2D eigenvalue weighted by atomic mass is 10.1. The van der Waals surface area contributed by atoms with Crippen LogP contribution >= 0.6 is 0 Å². The summed E-state index contributed by atoms with van der Waals surface area (Å²) in [7, 11) is 3.30. The summed E-state index contributed by atoms with van der Waals surface area (Å²) in [5.74, 6) is 1.19. The summed E-state index contributed by atoms with van der Waals surface area (Å²) in [6.45, 7) is 2.65. The Morgan fingerprint density at radius 3 is 2.33 bits per heavy atom. The quantitative estimate of drug-likeness (QED) is 0.693. The number of hydrogen-bond acceptors (Lipinski definition) is 3. The molecule has 5 nitrogen and oxygen atoms in total. The molecule has 2 aromatic carbocycles. The molecule has 0 unspecified atom stereocenters. The predicted molar refractivity (Wildman–Crippen MR) is 106 cm³/mol. The van der Waals surface area contributed by atoms with E-state index in [1.165, 1.54) is 5.56 Å². The lowest BCUT2D eigenvalue weighted by Crippen LogP contribution is -2.13. The number of methoxy groups -OCH3 is 2. The Labute approximate surface area is 159 Å². The van der Waals surface area contributed by atoms with Crippen molar-refractivity contribution >= 4 is 5.91 Å². The maximum atomic E-state index is 11.9. The number of benzene rings is 2. The van der Waals surface area contributed by atoms with E-state index >= 15 is 0 Å². The van der Waals surface area contributed by atoms with Crippen LogP contribution in [-0.4, -0.2) is 24.7 Å². The number of carbonyl (C=O) groups is 1. The third-order valence-corrected chi connectivity index (χ3v) is 4.76. The number of rotatable bonds is 7. The SMILES string of the molecule is COc1cccc(CCn2c(-c3cccc(OC)c3)cc(C(N)=O)c2C)c1. The van der Waals surface area contributed by atoms with Gasteiger partial charge in [0.25, 0.3) is 5.91 Å². The van der Waals surface area contributed by atoms with Crippen LogP contribution < -0.4 is 15.2 Å². The summed E-state index contributed by atoms with van der Waals surface area (Å²) in [6, 6.07) is 17.7. The van der Waals surface area contributed by atoms with Crippen molar-refractivity contribution in [3.05, 3.63) is 71.4 Å². The lowest BCUT2D eigenvalue weighted by molar-refractivity contribution is 0.0999. The van der Waals surface area contributed by atoms with Crippen molar-refractivity contribution in [1.82, 2.24) is 4.57 Å². The van der Waals surface area contributed by atoms with Crippen molar-refractivity contribution in [2.75, 3.05) is 14.2 Å². The maximum absolute atomic E-state index is 11.9. The van der Waals surface area contributed by atoms with Gasteiger partial charge in [-0.05, 0) is 49.2 Å². The van der Waals surface area contributed by atoms with Crippen LogP contribution in [0.2, 0.25) is 0 Å². The summed E-state index contributed by atoms with van der Waals surface area (Å²) < 4.78 is 12.8. The molecule has 27 heavy (non-hydrogen) atoms. The average Bonchev–Trinajstić information content (AvgIpc) is 3.03. The molecule has 0 saturated carbocycles. The largest absolute Gasteiger partial charge is 0.497 e. The molecule has 0 atom stereocenters. The van der Waals surface area contributed by atoms with Crippen molar-refractivity contribution in [3.63, 3.8) is 0 Å². The van der Waals surface area contributed by atoms with Crippen LogP contribution in [0.15, 0.2) is 54.6 Å². The Bertz CT molecular complexity index is 960. The maximum Gasteiger partial charge on any atom is 0.250 e. The molecule has 140 valence electrons. The molecule has 1 aromatic heterocycles. The number of aryl methyl sites for hydroxylation is 1. The molecular formula is C22H24N2O3. The zero-order chi connectivity index (χ0) is 19.4. The lowest BCUT2D eigenvalue weighted by Gasteiger charge is -2.13. The molecule has 0 fully saturated rings. The molecule has 0 aliphatic rings. The molecule has 5 heteroatoms. The Balaban J connectivity index is 1.98. The number of carbonyl (C=O) groups excluding carboxylic acids is 1. The zero-order valence-corrected chi connectivity index (χ0v) is 15.9. The van der Waals surface area contributed by atoms with Crippen LogP contribution in [0.4, 0.5) is 0 Å². The van der Waals surface area contributed by atoms with Gasteiger partial charge in [-0.2, -0.15) is 0 Å². The first kappa shape index (κ1) is 18.6. The van der Waals surface area contributed by atoms with Crippen molar-refractivity contribution in [2.45, 2.75) is 19.9 Å². The van der Waals surface area contributed by atoms with Crippen LogP contribution in [0.3, 0.4) is 0 Å². The Morgan fingerprint density at radius 2 is 1.67 bits per heavy atom. The second-order valence-electron chi connectivity index (χ2n) is 6.38. The number of nitrogens with zero attached hydrogens (tertiary/aromatic N) is 1. The van der Waals surface area contributed by atoms with Crippen molar-refractivity contribution in [2.24, 2.45) is 5.73 Å². The predicted octanol–water partition coefficient (Wildman–Crippen LogP) is 3.82. The van der Waals surface area contributed by atoms with E-state index < -0.39 is 5.91 Å². The Hall–Kier alpha value is -3.21. The average molecular weight is 364 g/mol. The Morgan fingerprint density at radius 1 is 1.00 bits per heavy atom. The summed E-state index contributed by atoms with van der Waals surface area (Å²) in [5.41, 5.74) is 10.1. The highest BCUT2D eigenvalue weighted by molar-refractivity contribution is 5.95.